The minimum Gasteiger partial charge on any atom is -0.478 e. The van der Waals surface area contributed by atoms with Crippen molar-refractivity contribution in [2.24, 2.45) is 5.92 Å². The van der Waals surface area contributed by atoms with Crippen LogP contribution in [-0.2, 0) is 0 Å². The number of nitrogens with one attached hydrogen (secondary N) is 1. The summed E-state index contributed by atoms with van der Waals surface area (Å²) in [7, 11) is 0. The van der Waals surface area contributed by atoms with Gasteiger partial charge < -0.3 is 10.1 Å². The summed E-state index contributed by atoms with van der Waals surface area (Å²) in [6.07, 6.45) is 9.06. The summed E-state index contributed by atoms with van der Waals surface area (Å²) in [6, 6.07) is 1.71. The molecule has 0 aliphatic heterocycles. The Hall–Kier alpha value is -2.09. The molecule has 1 fully saturated rings. The van der Waals surface area contributed by atoms with Crippen molar-refractivity contribution in [3.63, 3.8) is 0 Å². The predicted molar refractivity (Wildman–Crippen MR) is 79.6 cm³/mol. The highest BCUT2D eigenvalue weighted by molar-refractivity contribution is 5.94. The zero-order chi connectivity index (χ0) is 16.1. The van der Waals surface area contributed by atoms with Gasteiger partial charge in [0.05, 0.1) is 5.56 Å². The van der Waals surface area contributed by atoms with E-state index in [4.69, 9.17) is 11.2 Å². The fourth-order valence-electron chi connectivity index (χ4n) is 2.71. The summed E-state index contributed by atoms with van der Waals surface area (Å²) in [4.78, 5) is 12.2. The van der Waals surface area contributed by atoms with E-state index < -0.39 is 17.5 Å². The number of carbonyl (C=O) groups excluding carboxylic acids is 1. The molecule has 1 aromatic carbocycles. The molecule has 0 saturated heterocycles. The Bertz CT molecular complexity index is 595. The summed E-state index contributed by atoms with van der Waals surface area (Å²) in [5.41, 5.74) is -0.316. The van der Waals surface area contributed by atoms with Crippen molar-refractivity contribution in [3.05, 3.63) is 29.3 Å². The van der Waals surface area contributed by atoms with Crippen LogP contribution >= 0.6 is 0 Å². The van der Waals surface area contributed by atoms with E-state index in [-0.39, 0.29) is 24.0 Å². The quantitative estimate of drug-likeness (QED) is 0.867. The van der Waals surface area contributed by atoms with E-state index in [1.807, 2.05) is 0 Å². The Morgan fingerprint density at radius 3 is 2.77 bits per heavy atom. The predicted octanol–water partition coefficient (Wildman–Crippen LogP) is 3.29. The molecule has 2 atom stereocenters. The molecule has 22 heavy (non-hydrogen) atoms. The largest absolute Gasteiger partial charge is 0.478 e. The zero-order valence-electron chi connectivity index (χ0n) is 12.5. The summed E-state index contributed by atoms with van der Waals surface area (Å²) >= 11 is 0. The van der Waals surface area contributed by atoms with Crippen molar-refractivity contribution < 1.29 is 18.3 Å². The third-order valence-electron chi connectivity index (χ3n) is 4.01. The molecule has 3 nitrogen and oxygen atoms in total. The fourth-order valence-corrected chi connectivity index (χ4v) is 2.71. The van der Waals surface area contributed by atoms with Crippen LogP contribution in [0.1, 0.15) is 43.0 Å². The maximum absolute atomic E-state index is 14.0. The molecule has 0 aromatic heterocycles. The number of carbonyl (C=O) groups is 1. The van der Waals surface area contributed by atoms with Gasteiger partial charge >= 0.3 is 0 Å². The van der Waals surface area contributed by atoms with Crippen LogP contribution in [-0.4, -0.2) is 18.6 Å². The van der Waals surface area contributed by atoms with E-state index in [0.717, 1.165) is 37.8 Å². The number of benzene rings is 1. The average Bonchev–Trinajstić information content (AvgIpc) is 2.50. The van der Waals surface area contributed by atoms with Crippen LogP contribution in [0.5, 0.6) is 5.75 Å². The van der Waals surface area contributed by atoms with Crippen LogP contribution in [0.4, 0.5) is 8.78 Å². The molecule has 0 spiro atoms. The molecule has 2 rings (SSSR count). The maximum Gasteiger partial charge on any atom is 0.254 e. The standard InChI is InChI=1S/C17H19F2NO2/c1-3-8-22-16-10-13(18)12(9-14(16)19)17(21)20-15-7-5-4-6-11(15)2/h1,9-11,15H,4-8H2,2H3,(H,20,21). The van der Waals surface area contributed by atoms with Gasteiger partial charge in [-0.15, -0.1) is 6.42 Å². The molecular weight excluding hydrogens is 288 g/mol. The van der Waals surface area contributed by atoms with Gasteiger partial charge in [0.15, 0.2) is 11.6 Å². The first-order valence-corrected chi connectivity index (χ1v) is 7.39. The summed E-state index contributed by atoms with van der Waals surface area (Å²) < 4.78 is 32.7. The van der Waals surface area contributed by atoms with Gasteiger partial charge in [0.25, 0.3) is 5.91 Å². The molecule has 1 aliphatic rings. The Morgan fingerprint density at radius 1 is 1.36 bits per heavy atom. The van der Waals surface area contributed by atoms with Crippen LogP contribution in [0.2, 0.25) is 0 Å². The third kappa shape index (κ3) is 3.76. The van der Waals surface area contributed by atoms with E-state index in [1.165, 1.54) is 0 Å². The van der Waals surface area contributed by atoms with Crippen LogP contribution in [0, 0.1) is 29.9 Å². The highest BCUT2D eigenvalue weighted by atomic mass is 19.1. The van der Waals surface area contributed by atoms with Crippen molar-refractivity contribution in [3.8, 4) is 18.1 Å². The monoisotopic (exact) mass is 307 g/mol. The lowest BCUT2D eigenvalue weighted by Gasteiger charge is -2.29. The van der Waals surface area contributed by atoms with Crippen molar-refractivity contribution in [1.29, 1.82) is 0 Å². The van der Waals surface area contributed by atoms with Gasteiger partial charge in [-0.2, -0.15) is 0 Å². The van der Waals surface area contributed by atoms with E-state index in [2.05, 4.69) is 18.2 Å². The second kappa shape index (κ2) is 7.26. The van der Waals surface area contributed by atoms with Crippen LogP contribution < -0.4 is 10.1 Å². The fraction of sp³-hybridized carbons (Fsp3) is 0.471. The minimum absolute atomic E-state index is 0.000998. The summed E-state index contributed by atoms with van der Waals surface area (Å²) in [5.74, 6) is -0.0180. The normalized spacial score (nSPS) is 21.0. The average molecular weight is 307 g/mol. The molecule has 0 heterocycles. The van der Waals surface area contributed by atoms with Crippen molar-refractivity contribution in [2.75, 3.05) is 6.61 Å². The van der Waals surface area contributed by atoms with Gasteiger partial charge in [0.1, 0.15) is 12.4 Å². The molecule has 1 amide bonds. The molecule has 1 aromatic rings. The Morgan fingerprint density at radius 2 is 2.09 bits per heavy atom. The van der Waals surface area contributed by atoms with Crippen LogP contribution in [0.3, 0.4) is 0 Å². The van der Waals surface area contributed by atoms with Crippen molar-refractivity contribution in [1.82, 2.24) is 5.32 Å². The number of halogens is 2. The number of hydrogen-bond donors (Lipinski definition) is 1. The van der Waals surface area contributed by atoms with Gasteiger partial charge in [-0.1, -0.05) is 25.7 Å². The number of amides is 1. The van der Waals surface area contributed by atoms with Crippen molar-refractivity contribution >= 4 is 5.91 Å². The molecule has 1 aliphatic carbocycles. The zero-order valence-corrected chi connectivity index (χ0v) is 12.5. The highest BCUT2D eigenvalue weighted by Gasteiger charge is 2.25. The van der Waals surface area contributed by atoms with Crippen LogP contribution in [0.25, 0.3) is 0 Å². The topological polar surface area (TPSA) is 38.3 Å². The van der Waals surface area contributed by atoms with E-state index in [0.29, 0.717) is 5.92 Å². The molecule has 1 saturated carbocycles. The molecule has 1 N–H and O–H groups in total. The first kappa shape index (κ1) is 16.3. The number of terminal acetylenes is 1. The first-order chi connectivity index (χ1) is 10.5. The smallest absolute Gasteiger partial charge is 0.254 e. The molecule has 2 unspecified atom stereocenters. The number of hydrogen-bond acceptors (Lipinski definition) is 2. The SMILES string of the molecule is C#CCOc1cc(F)c(C(=O)NC2CCCCC2C)cc1F. The van der Waals surface area contributed by atoms with Crippen LogP contribution in [0.15, 0.2) is 12.1 Å². The molecular formula is C17H19F2NO2. The third-order valence-corrected chi connectivity index (χ3v) is 4.01. The van der Waals surface area contributed by atoms with Gasteiger partial charge in [-0.05, 0) is 24.8 Å². The van der Waals surface area contributed by atoms with Crippen molar-refractivity contribution in [2.45, 2.75) is 38.6 Å². The van der Waals surface area contributed by atoms with Gasteiger partial charge in [0.2, 0.25) is 0 Å². The van der Waals surface area contributed by atoms with Gasteiger partial charge in [-0.3, -0.25) is 4.79 Å². The first-order valence-electron chi connectivity index (χ1n) is 7.39. The van der Waals surface area contributed by atoms with E-state index in [1.54, 1.807) is 0 Å². The second-order valence-electron chi connectivity index (χ2n) is 5.60. The molecule has 0 radical (unpaired) electrons. The van der Waals surface area contributed by atoms with Gasteiger partial charge in [0, 0.05) is 12.1 Å². The second-order valence-corrected chi connectivity index (χ2v) is 5.60. The molecule has 118 valence electrons. The molecule has 0 bridgehead atoms. The number of rotatable bonds is 4. The Kier molecular flexibility index (Phi) is 5.37. The minimum atomic E-state index is -0.825. The van der Waals surface area contributed by atoms with Gasteiger partial charge in [-0.25, -0.2) is 8.78 Å². The lowest BCUT2D eigenvalue weighted by Crippen LogP contribution is -2.41. The maximum atomic E-state index is 14.0. The summed E-state index contributed by atoms with van der Waals surface area (Å²) in [6.45, 7) is 1.89. The Balaban J connectivity index is 2.12. The van der Waals surface area contributed by atoms with E-state index in [9.17, 15) is 13.6 Å². The Labute approximate surface area is 129 Å². The number of ether oxygens (including phenoxy) is 1. The van der Waals surface area contributed by atoms with E-state index >= 15 is 0 Å². The molecule has 5 heteroatoms. The summed E-state index contributed by atoms with van der Waals surface area (Å²) in [5, 5.41) is 2.80. The lowest BCUT2D eigenvalue weighted by molar-refractivity contribution is 0.0905. The lowest BCUT2D eigenvalue weighted by atomic mass is 9.86. The highest BCUT2D eigenvalue weighted by Crippen LogP contribution is 2.25.